The molecule has 30 heavy (non-hydrogen) atoms. The highest BCUT2D eigenvalue weighted by molar-refractivity contribution is 5.72. The molecule has 0 saturated heterocycles. The average Bonchev–Trinajstić information content (AvgIpc) is 2.77. The molecule has 3 aromatic carbocycles. The Labute approximate surface area is 177 Å². The molecule has 2 nitrogen and oxygen atoms in total. The molecule has 0 fully saturated rings. The molecule has 0 unspecified atom stereocenters. The fourth-order valence-electron chi connectivity index (χ4n) is 3.40. The lowest BCUT2D eigenvalue weighted by Crippen LogP contribution is -1.99. The molecule has 0 aliphatic heterocycles. The SMILES string of the molecule is CCCc1ccc(-c2ccc(-c3ccc(OCCCCOC)cc3)c(F)c2F)cc1. The predicted molar refractivity (Wildman–Crippen MR) is 118 cm³/mol. The van der Waals surface area contributed by atoms with Gasteiger partial charge in [0, 0.05) is 24.8 Å². The number of methoxy groups -OCH3 is 1. The van der Waals surface area contributed by atoms with Crippen LogP contribution >= 0.6 is 0 Å². The van der Waals surface area contributed by atoms with Gasteiger partial charge >= 0.3 is 0 Å². The van der Waals surface area contributed by atoms with Gasteiger partial charge in [0.2, 0.25) is 0 Å². The van der Waals surface area contributed by atoms with Crippen molar-refractivity contribution in [3.8, 4) is 28.0 Å². The first-order valence-corrected chi connectivity index (χ1v) is 10.4. The van der Waals surface area contributed by atoms with Crippen LogP contribution in [-0.4, -0.2) is 20.3 Å². The van der Waals surface area contributed by atoms with Gasteiger partial charge < -0.3 is 9.47 Å². The Morgan fingerprint density at radius 3 is 1.77 bits per heavy atom. The van der Waals surface area contributed by atoms with Crippen LogP contribution in [0.5, 0.6) is 5.75 Å². The Kier molecular flexibility index (Phi) is 7.97. The van der Waals surface area contributed by atoms with E-state index >= 15 is 0 Å². The fraction of sp³-hybridized carbons (Fsp3) is 0.308. The average molecular weight is 411 g/mol. The number of aryl methyl sites for hydroxylation is 1. The third kappa shape index (κ3) is 5.45. The first-order chi connectivity index (χ1) is 14.6. The van der Waals surface area contributed by atoms with E-state index in [1.165, 1.54) is 5.56 Å². The lowest BCUT2D eigenvalue weighted by Gasteiger charge is -2.11. The van der Waals surface area contributed by atoms with Crippen LogP contribution in [-0.2, 0) is 11.2 Å². The molecule has 0 aliphatic rings. The highest BCUT2D eigenvalue weighted by atomic mass is 19.2. The summed E-state index contributed by atoms with van der Waals surface area (Å²) < 4.78 is 40.3. The molecule has 158 valence electrons. The van der Waals surface area contributed by atoms with Crippen LogP contribution in [0.25, 0.3) is 22.3 Å². The second kappa shape index (κ2) is 10.9. The zero-order valence-electron chi connectivity index (χ0n) is 17.6. The summed E-state index contributed by atoms with van der Waals surface area (Å²) >= 11 is 0. The van der Waals surface area contributed by atoms with Crippen LogP contribution in [0.15, 0.2) is 60.7 Å². The zero-order valence-corrected chi connectivity index (χ0v) is 17.6. The summed E-state index contributed by atoms with van der Waals surface area (Å²) in [5.74, 6) is -0.951. The first kappa shape index (κ1) is 22.0. The smallest absolute Gasteiger partial charge is 0.167 e. The summed E-state index contributed by atoms with van der Waals surface area (Å²) in [6.07, 6.45) is 3.86. The number of halogens is 2. The Morgan fingerprint density at radius 1 is 0.700 bits per heavy atom. The Bertz CT molecular complexity index is 934. The van der Waals surface area contributed by atoms with Crippen LogP contribution in [0, 0.1) is 11.6 Å². The highest BCUT2D eigenvalue weighted by Crippen LogP contribution is 2.32. The van der Waals surface area contributed by atoms with E-state index in [1.807, 2.05) is 24.3 Å². The van der Waals surface area contributed by atoms with Gasteiger partial charge in [0.1, 0.15) is 5.75 Å². The van der Waals surface area contributed by atoms with Crippen molar-refractivity contribution in [3.05, 3.63) is 77.9 Å². The van der Waals surface area contributed by atoms with E-state index in [9.17, 15) is 8.78 Å². The largest absolute Gasteiger partial charge is 0.494 e. The number of unbranched alkanes of at least 4 members (excludes halogenated alkanes) is 1. The standard InChI is InChI=1S/C26H28F2O2/c1-3-6-19-7-9-20(10-8-19)23-15-16-24(26(28)25(23)27)21-11-13-22(14-12-21)30-18-5-4-17-29-2/h7-16H,3-6,17-18H2,1-2H3. The van der Waals surface area contributed by atoms with Crippen molar-refractivity contribution in [3.63, 3.8) is 0 Å². The lowest BCUT2D eigenvalue weighted by atomic mass is 9.97. The molecule has 4 heteroatoms. The third-order valence-corrected chi connectivity index (χ3v) is 5.06. The number of benzene rings is 3. The first-order valence-electron chi connectivity index (χ1n) is 10.4. The minimum absolute atomic E-state index is 0.241. The van der Waals surface area contributed by atoms with Crippen LogP contribution in [0.3, 0.4) is 0 Å². The second-order valence-electron chi connectivity index (χ2n) is 7.31. The summed E-state index contributed by atoms with van der Waals surface area (Å²) in [6, 6.07) is 18.0. The van der Waals surface area contributed by atoms with Crippen molar-refractivity contribution >= 4 is 0 Å². The molecule has 0 aliphatic carbocycles. The summed E-state index contributed by atoms with van der Waals surface area (Å²) in [5, 5.41) is 0. The van der Waals surface area contributed by atoms with Crippen LogP contribution in [0.1, 0.15) is 31.7 Å². The van der Waals surface area contributed by atoms with Crippen LogP contribution in [0.2, 0.25) is 0 Å². The molecule has 0 aromatic heterocycles. The molecule has 3 aromatic rings. The van der Waals surface area contributed by atoms with E-state index in [0.717, 1.165) is 25.7 Å². The third-order valence-electron chi connectivity index (χ3n) is 5.06. The predicted octanol–water partition coefficient (Wildman–Crippen LogP) is 7.06. The van der Waals surface area contributed by atoms with Gasteiger partial charge in [-0.05, 0) is 48.1 Å². The molecule has 0 N–H and O–H groups in total. The van der Waals surface area contributed by atoms with E-state index in [4.69, 9.17) is 9.47 Å². The van der Waals surface area contributed by atoms with Gasteiger partial charge in [-0.2, -0.15) is 0 Å². The maximum atomic E-state index is 14.8. The number of hydrogen-bond donors (Lipinski definition) is 0. The maximum Gasteiger partial charge on any atom is 0.167 e. The number of rotatable bonds is 10. The van der Waals surface area contributed by atoms with E-state index in [-0.39, 0.29) is 11.1 Å². The molecule has 0 saturated carbocycles. The minimum atomic E-state index is -0.835. The molecule has 0 heterocycles. The van der Waals surface area contributed by atoms with E-state index in [1.54, 1.807) is 43.5 Å². The summed E-state index contributed by atoms with van der Waals surface area (Å²) in [7, 11) is 1.68. The van der Waals surface area contributed by atoms with E-state index < -0.39 is 11.6 Å². The van der Waals surface area contributed by atoms with Crippen LogP contribution in [0.4, 0.5) is 8.78 Å². The van der Waals surface area contributed by atoms with Gasteiger partial charge in [-0.25, -0.2) is 8.78 Å². The molecule has 0 bridgehead atoms. The normalized spacial score (nSPS) is 10.9. The second-order valence-corrected chi connectivity index (χ2v) is 7.31. The van der Waals surface area contributed by atoms with Crippen molar-refractivity contribution in [1.82, 2.24) is 0 Å². The van der Waals surface area contributed by atoms with Crippen molar-refractivity contribution in [2.75, 3.05) is 20.3 Å². The van der Waals surface area contributed by atoms with Gasteiger partial charge in [-0.1, -0.05) is 61.9 Å². The van der Waals surface area contributed by atoms with Crippen molar-refractivity contribution < 1.29 is 18.3 Å². The Hall–Kier alpha value is -2.72. The van der Waals surface area contributed by atoms with Gasteiger partial charge in [0.15, 0.2) is 11.6 Å². The monoisotopic (exact) mass is 410 g/mol. The zero-order chi connectivity index (χ0) is 21.3. The quantitative estimate of drug-likeness (QED) is 0.333. The lowest BCUT2D eigenvalue weighted by molar-refractivity contribution is 0.184. The van der Waals surface area contributed by atoms with E-state index in [2.05, 4.69) is 6.92 Å². The molecule has 0 radical (unpaired) electrons. The fourth-order valence-corrected chi connectivity index (χ4v) is 3.40. The molecule has 3 rings (SSSR count). The summed E-state index contributed by atoms with van der Waals surface area (Å²) in [6.45, 7) is 3.42. The topological polar surface area (TPSA) is 18.5 Å². The molecule has 0 spiro atoms. The highest BCUT2D eigenvalue weighted by Gasteiger charge is 2.16. The minimum Gasteiger partial charge on any atom is -0.494 e. The van der Waals surface area contributed by atoms with Gasteiger partial charge in [0.05, 0.1) is 6.61 Å². The number of ether oxygens (including phenoxy) is 2. The van der Waals surface area contributed by atoms with Gasteiger partial charge in [-0.3, -0.25) is 0 Å². The summed E-state index contributed by atoms with van der Waals surface area (Å²) in [5.41, 5.74) is 3.00. The van der Waals surface area contributed by atoms with Crippen molar-refractivity contribution in [2.45, 2.75) is 32.6 Å². The molecular weight excluding hydrogens is 382 g/mol. The van der Waals surface area contributed by atoms with Crippen molar-refractivity contribution in [2.24, 2.45) is 0 Å². The van der Waals surface area contributed by atoms with Crippen LogP contribution < -0.4 is 4.74 Å². The summed E-state index contributed by atoms with van der Waals surface area (Å²) in [4.78, 5) is 0. The van der Waals surface area contributed by atoms with E-state index in [0.29, 0.717) is 30.1 Å². The van der Waals surface area contributed by atoms with Gasteiger partial charge in [-0.15, -0.1) is 0 Å². The Morgan fingerprint density at radius 2 is 1.23 bits per heavy atom. The van der Waals surface area contributed by atoms with Gasteiger partial charge in [0.25, 0.3) is 0 Å². The Balaban J connectivity index is 1.73. The molecular formula is C26H28F2O2. The molecule has 0 amide bonds. The van der Waals surface area contributed by atoms with Crippen molar-refractivity contribution in [1.29, 1.82) is 0 Å². The molecule has 0 atom stereocenters. The number of hydrogen-bond acceptors (Lipinski definition) is 2. The maximum absolute atomic E-state index is 14.8.